The summed E-state index contributed by atoms with van der Waals surface area (Å²) in [5.41, 5.74) is 7.13. The molecule has 0 aliphatic carbocycles. The molecular formula is C24H30ClN3O5. The van der Waals surface area contributed by atoms with E-state index in [0.717, 1.165) is 17.5 Å². The predicted molar refractivity (Wildman–Crippen MR) is 126 cm³/mol. The molecule has 8 nitrogen and oxygen atoms in total. The van der Waals surface area contributed by atoms with E-state index in [1.807, 2.05) is 30.3 Å². The second kappa shape index (κ2) is 14.0. The molecule has 0 aromatic heterocycles. The molecule has 2 aromatic carbocycles. The number of nitrogens with two attached hydrogens (primary N) is 1. The molecule has 0 fully saturated rings. The summed E-state index contributed by atoms with van der Waals surface area (Å²) in [6.07, 6.45) is 2.08. The van der Waals surface area contributed by atoms with Crippen LogP contribution in [-0.2, 0) is 27.4 Å². The number of carbonyl (C=O) groups is 3. The summed E-state index contributed by atoms with van der Waals surface area (Å²) in [5, 5.41) is 5.78. The SMILES string of the molecule is COc1ccc(C[C@@H](NC(=O)CCCCCNC(=O)OCc2ccccc2)C(N)=O)cc1Cl. The summed E-state index contributed by atoms with van der Waals surface area (Å²) < 4.78 is 10.2. The van der Waals surface area contributed by atoms with E-state index in [9.17, 15) is 14.4 Å². The molecule has 33 heavy (non-hydrogen) atoms. The third kappa shape index (κ3) is 9.82. The number of nitrogens with one attached hydrogen (secondary N) is 2. The summed E-state index contributed by atoms with van der Waals surface area (Å²) in [6.45, 7) is 0.675. The van der Waals surface area contributed by atoms with Crippen LogP contribution in [0.25, 0.3) is 0 Å². The Hall–Kier alpha value is -3.26. The Morgan fingerprint density at radius 2 is 1.79 bits per heavy atom. The Labute approximate surface area is 198 Å². The average Bonchev–Trinajstić information content (AvgIpc) is 2.80. The number of unbranched alkanes of at least 4 members (excludes halogenated alkanes) is 2. The maximum atomic E-state index is 12.2. The smallest absolute Gasteiger partial charge is 0.407 e. The molecule has 0 saturated carbocycles. The van der Waals surface area contributed by atoms with Gasteiger partial charge in [0.25, 0.3) is 0 Å². The topological polar surface area (TPSA) is 120 Å². The van der Waals surface area contributed by atoms with E-state index < -0.39 is 18.0 Å². The monoisotopic (exact) mass is 475 g/mol. The highest BCUT2D eigenvalue weighted by molar-refractivity contribution is 6.32. The number of hydrogen-bond donors (Lipinski definition) is 3. The van der Waals surface area contributed by atoms with Gasteiger partial charge in [-0.15, -0.1) is 0 Å². The van der Waals surface area contributed by atoms with Crippen molar-refractivity contribution < 1.29 is 23.9 Å². The van der Waals surface area contributed by atoms with Crippen LogP contribution in [0.4, 0.5) is 4.79 Å². The molecule has 0 spiro atoms. The van der Waals surface area contributed by atoms with Gasteiger partial charge in [0.1, 0.15) is 18.4 Å². The predicted octanol–water partition coefficient (Wildman–Crippen LogP) is 3.35. The molecule has 0 saturated heterocycles. The quantitative estimate of drug-likeness (QED) is 0.384. The first kappa shape index (κ1) is 26.0. The summed E-state index contributed by atoms with van der Waals surface area (Å²) in [5.74, 6) is -0.346. The molecule has 0 radical (unpaired) electrons. The minimum Gasteiger partial charge on any atom is -0.495 e. The Balaban J connectivity index is 1.62. The minimum absolute atomic E-state index is 0.219. The Kier molecular flexibility index (Phi) is 11.0. The average molecular weight is 476 g/mol. The first-order valence-electron chi connectivity index (χ1n) is 10.7. The zero-order valence-electron chi connectivity index (χ0n) is 18.6. The van der Waals surface area contributed by atoms with Crippen molar-refractivity contribution in [1.29, 1.82) is 0 Å². The highest BCUT2D eigenvalue weighted by Gasteiger charge is 2.19. The third-order valence-electron chi connectivity index (χ3n) is 4.90. The first-order chi connectivity index (χ1) is 15.9. The lowest BCUT2D eigenvalue weighted by atomic mass is 10.0. The Morgan fingerprint density at radius 1 is 1.03 bits per heavy atom. The molecule has 0 aliphatic rings. The van der Waals surface area contributed by atoms with Crippen molar-refractivity contribution in [2.45, 2.75) is 44.8 Å². The van der Waals surface area contributed by atoms with Crippen LogP contribution in [0.15, 0.2) is 48.5 Å². The molecule has 1 atom stereocenters. The van der Waals surface area contributed by atoms with Gasteiger partial charge >= 0.3 is 6.09 Å². The first-order valence-corrected chi connectivity index (χ1v) is 11.1. The fourth-order valence-corrected chi connectivity index (χ4v) is 3.39. The third-order valence-corrected chi connectivity index (χ3v) is 5.19. The zero-order chi connectivity index (χ0) is 24.1. The van der Waals surface area contributed by atoms with E-state index in [1.165, 1.54) is 7.11 Å². The van der Waals surface area contributed by atoms with E-state index in [-0.39, 0.29) is 25.4 Å². The van der Waals surface area contributed by atoms with Crippen molar-refractivity contribution in [2.24, 2.45) is 5.73 Å². The van der Waals surface area contributed by atoms with Gasteiger partial charge in [-0.25, -0.2) is 4.79 Å². The van der Waals surface area contributed by atoms with Crippen LogP contribution in [0, 0.1) is 0 Å². The Bertz CT molecular complexity index is 924. The number of hydrogen-bond acceptors (Lipinski definition) is 5. The number of benzene rings is 2. The van der Waals surface area contributed by atoms with Gasteiger partial charge in [0.15, 0.2) is 0 Å². The van der Waals surface area contributed by atoms with Crippen LogP contribution in [0.3, 0.4) is 0 Å². The maximum Gasteiger partial charge on any atom is 0.407 e. The van der Waals surface area contributed by atoms with Gasteiger partial charge in [-0.3, -0.25) is 9.59 Å². The fraction of sp³-hybridized carbons (Fsp3) is 0.375. The summed E-state index contributed by atoms with van der Waals surface area (Å²) in [6, 6.07) is 13.7. The van der Waals surface area contributed by atoms with E-state index >= 15 is 0 Å². The number of amides is 3. The molecule has 4 N–H and O–H groups in total. The number of carbonyl (C=O) groups excluding carboxylic acids is 3. The second-order valence-electron chi connectivity index (χ2n) is 7.49. The standard InChI is InChI=1S/C24H30ClN3O5/c1-32-21-12-11-18(14-19(21)25)15-20(23(26)30)28-22(29)10-6-3-7-13-27-24(31)33-16-17-8-4-2-5-9-17/h2,4-5,8-9,11-12,14,20H,3,6-7,10,13,15-16H2,1H3,(H2,26,30)(H,27,31)(H,28,29)/t20-/m1/s1. The lowest BCUT2D eigenvalue weighted by Gasteiger charge is -2.16. The van der Waals surface area contributed by atoms with E-state index in [1.54, 1.807) is 18.2 Å². The molecule has 178 valence electrons. The summed E-state index contributed by atoms with van der Waals surface area (Å²) >= 11 is 6.11. The number of alkyl carbamates (subject to hydrolysis) is 1. The molecule has 0 heterocycles. The van der Waals surface area contributed by atoms with Crippen LogP contribution in [0.2, 0.25) is 5.02 Å². The fourth-order valence-electron chi connectivity index (χ4n) is 3.11. The molecule has 9 heteroatoms. The van der Waals surface area contributed by atoms with Gasteiger partial charge in [-0.2, -0.15) is 0 Å². The molecule has 0 unspecified atom stereocenters. The molecular weight excluding hydrogens is 446 g/mol. The highest BCUT2D eigenvalue weighted by atomic mass is 35.5. The minimum atomic E-state index is -0.831. The Morgan fingerprint density at radius 3 is 2.45 bits per heavy atom. The second-order valence-corrected chi connectivity index (χ2v) is 7.90. The molecule has 3 amide bonds. The summed E-state index contributed by atoms with van der Waals surface area (Å²) in [7, 11) is 1.51. The number of ether oxygens (including phenoxy) is 2. The molecule has 0 aliphatic heterocycles. The molecule has 2 rings (SSSR count). The number of rotatable bonds is 13. The lowest BCUT2D eigenvalue weighted by molar-refractivity contribution is -0.127. The van der Waals surface area contributed by atoms with Gasteiger partial charge in [-0.1, -0.05) is 54.4 Å². The van der Waals surface area contributed by atoms with Gasteiger partial charge < -0.3 is 25.8 Å². The molecule has 0 bridgehead atoms. The largest absolute Gasteiger partial charge is 0.495 e. The number of methoxy groups -OCH3 is 1. The van der Waals surface area contributed by atoms with Crippen LogP contribution >= 0.6 is 11.6 Å². The van der Waals surface area contributed by atoms with Crippen molar-refractivity contribution in [3.8, 4) is 5.75 Å². The van der Waals surface area contributed by atoms with Gasteiger partial charge in [0, 0.05) is 19.4 Å². The highest BCUT2D eigenvalue weighted by Crippen LogP contribution is 2.25. The lowest BCUT2D eigenvalue weighted by Crippen LogP contribution is -2.45. The number of primary amides is 1. The van der Waals surface area contributed by atoms with E-state index in [0.29, 0.717) is 30.2 Å². The van der Waals surface area contributed by atoms with Gasteiger partial charge in [0.2, 0.25) is 11.8 Å². The van der Waals surface area contributed by atoms with Gasteiger partial charge in [0.05, 0.1) is 12.1 Å². The van der Waals surface area contributed by atoms with E-state index in [2.05, 4.69) is 10.6 Å². The van der Waals surface area contributed by atoms with Crippen molar-refractivity contribution in [3.63, 3.8) is 0 Å². The van der Waals surface area contributed by atoms with Crippen molar-refractivity contribution in [3.05, 3.63) is 64.7 Å². The van der Waals surface area contributed by atoms with Gasteiger partial charge in [-0.05, 0) is 36.1 Å². The van der Waals surface area contributed by atoms with Crippen molar-refractivity contribution in [2.75, 3.05) is 13.7 Å². The van der Waals surface area contributed by atoms with Crippen LogP contribution in [0.5, 0.6) is 5.75 Å². The van der Waals surface area contributed by atoms with Crippen LogP contribution in [-0.4, -0.2) is 37.6 Å². The zero-order valence-corrected chi connectivity index (χ0v) is 19.4. The van der Waals surface area contributed by atoms with Crippen LogP contribution < -0.4 is 21.1 Å². The maximum absolute atomic E-state index is 12.2. The number of halogens is 1. The van der Waals surface area contributed by atoms with E-state index in [4.69, 9.17) is 26.8 Å². The summed E-state index contributed by atoms with van der Waals surface area (Å²) in [4.78, 5) is 35.7. The van der Waals surface area contributed by atoms with Crippen LogP contribution in [0.1, 0.15) is 36.8 Å². The van der Waals surface area contributed by atoms with Crippen molar-refractivity contribution >= 4 is 29.5 Å². The molecule has 2 aromatic rings. The normalized spacial score (nSPS) is 11.3. The van der Waals surface area contributed by atoms with Crippen molar-refractivity contribution in [1.82, 2.24) is 10.6 Å².